The normalized spacial score (nSPS) is 15.3. The molecule has 0 aliphatic heterocycles. The van der Waals surface area contributed by atoms with Gasteiger partial charge >= 0.3 is 5.97 Å². The van der Waals surface area contributed by atoms with Crippen molar-refractivity contribution in [1.82, 2.24) is 5.32 Å². The van der Waals surface area contributed by atoms with Crippen LogP contribution in [0.5, 0.6) is 0 Å². The second-order valence-corrected chi connectivity index (χ2v) is 4.69. The molecule has 0 saturated heterocycles. The largest absolute Gasteiger partial charge is 0.480 e. The molecule has 0 bridgehead atoms. The lowest BCUT2D eigenvalue weighted by molar-refractivity contribution is -0.139. The maximum Gasteiger partial charge on any atom is 0.320 e. The third kappa shape index (κ3) is 7.37. The van der Waals surface area contributed by atoms with Crippen molar-refractivity contribution in [3.05, 3.63) is 0 Å². The zero-order valence-electron chi connectivity index (χ0n) is 10.4. The van der Waals surface area contributed by atoms with Gasteiger partial charge in [-0.05, 0) is 25.7 Å². The molecule has 15 heavy (non-hydrogen) atoms. The monoisotopic (exact) mass is 215 g/mol. The molecule has 0 aromatic rings. The number of carboxylic acids is 1. The maximum absolute atomic E-state index is 10.8. The predicted octanol–water partition coefficient (Wildman–Crippen LogP) is 2.65. The second-order valence-electron chi connectivity index (χ2n) is 4.69. The molecule has 0 radical (unpaired) electrons. The van der Waals surface area contributed by atoms with Gasteiger partial charge in [0.25, 0.3) is 0 Å². The first kappa shape index (κ1) is 14.4. The number of hydrogen-bond acceptors (Lipinski definition) is 2. The van der Waals surface area contributed by atoms with E-state index in [1.807, 2.05) is 6.92 Å². The third-order valence-electron chi connectivity index (χ3n) is 2.61. The standard InChI is InChI=1S/C12H25NO2/c1-5-11(12(14)15)13-10(4)8-6-7-9(2)3/h9-11,13H,5-8H2,1-4H3,(H,14,15). The summed E-state index contributed by atoms with van der Waals surface area (Å²) in [5.74, 6) is -0.00754. The Hall–Kier alpha value is -0.570. The van der Waals surface area contributed by atoms with E-state index in [0.717, 1.165) is 12.3 Å². The van der Waals surface area contributed by atoms with Crippen molar-refractivity contribution in [2.75, 3.05) is 0 Å². The van der Waals surface area contributed by atoms with Gasteiger partial charge in [-0.1, -0.05) is 33.6 Å². The van der Waals surface area contributed by atoms with Gasteiger partial charge in [0.2, 0.25) is 0 Å². The Kier molecular flexibility index (Phi) is 7.39. The summed E-state index contributed by atoms with van der Waals surface area (Å²) in [7, 11) is 0. The Labute approximate surface area is 93.3 Å². The van der Waals surface area contributed by atoms with E-state index < -0.39 is 5.97 Å². The molecular weight excluding hydrogens is 190 g/mol. The average Bonchev–Trinajstić information content (AvgIpc) is 2.13. The smallest absolute Gasteiger partial charge is 0.320 e. The van der Waals surface area contributed by atoms with Gasteiger partial charge in [-0.3, -0.25) is 4.79 Å². The van der Waals surface area contributed by atoms with Crippen LogP contribution in [0.25, 0.3) is 0 Å². The van der Waals surface area contributed by atoms with Gasteiger partial charge in [0.15, 0.2) is 0 Å². The van der Waals surface area contributed by atoms with Crippen LogP contribution in [0.15, 0.2) is 0 Å². The van der Waals surface area contributed by atoms with Crippen LogP contribution < -0.4 is 5.32 Å². The first-order valence-electron chi connectivity index (χ1n) is 5.96. The Morgan fingerprint density at radius 2 is 1.87 bits per heavy atom. The fourth-order valence-electron chi connectivity index (χ4n) is 1.62. The number of rotatable bonds is 8. The molecule has 0 rings (SSSR count). The number of nitrogens with one attached hydrogen (secondary N) is 1. The molecule has 0 spiro atoms. The molecule has 0 aliphatic carbocycles. The minimum atomic E-state index is -0.742. The lowest BCUT2D eigenvalue weighted by Gasteiger charge is -2.19. The second kappa shape index (κ2) is 7.69. The zero-order chi connectivity index (χ0) is 11.8. The van der Waals surface area contributed by atoms with Crippen molar-refractivity contribution in [1.29, 1.82) is 0 Å². The van der Waals surface area contributed by atoms with Crippen molar-refractivity contribution in [3.63, 3.8) is 0 Å². The van der Waals surface area contributed by atoms with Gasteiger partial charge in [0.1, 0.15) is 6.04 Å². The Balaban J connectivity index is 3.71. The lowest BCUT2D eigenvalue weighted by Crippen LogP contribution is -2.41. The van der Waals surface area contributed by atoms with Crippen molar-refractivity contribution in [3.8, 4) is 0 Å². The summed E-state index contributed by atoms with van der Waals surface area (Å²) in [5, 5.41) is 12.0. The molecule has 0 fully saturated rings. The molecule has 90 valence electrons. The third-order valence-corrected chi connectivity index (χ3v) is 2.61. The highest BCUT2D eigenvalue weighted by atomic mass is 16.4. The van der Waals surface area contributed by atoms with Crippen molar-refractivity contribution < 1.29 is 9.90 Å². The fraction of sp³-hybridized carbons (Fsp3) is 0.917. The first-order valence-corrected chi connectivity index (χ1v) is 5.96. The molecule has 0 aliphatic rings. The van der Waals surface area contributed by atoms with Gasteiger partial charge in [-0.15, -0.1) is 0 Å². The summed E-state index contributed by atoms with van der Waals surface area (Å²) >= 11 is 0. The minimum Gasteiger partial charge on any atom is -0.480 e. The SMILES string of the molecule is CCC(NC(C)CCCC(C)C)C(=O)O. The molecule has 0 amide bonds. The zero-order valence-corrected chi connectivity index (χ0v) is 10.4. The van der Waals surface area contributed by atoms with E-state index in [1.54, 1.807) is 0 Å². The fourth-order valence-corrected chi connectivity index (χ4v) is 1.62. The minimum absolute atomic E-state index is 0.296. The molecule has 3 heteroatoms. The van der Waals surface area contributed by atoms with E-state index in [9.17, 15) is 4.79 Å². The predicted molar refractivity (Wildman–Crippen MR) is 63.0 cm³/mol. The molecule has 0 aromatic carbocycles. The highest BCUT2D eigenvalue weighted by Gasteiger charge is 2.16. The van der Waals surface area contributed by atoms with Gasteiger partial charge < -0.3 is 10.4 Å². The molecule has 0 heterocycles. The van der Waals surface area contributed by atoms with E-state index in [2.05, 4.69) is 26.1 Å². The lowest BCUT2D eigenvalue weighted by atomic mass is 10.0. The number of carbonyl (C=O) groups is 1. The van der Waals surface area contributed by atoms with E-state index in [4.69, 9.17) is 5.11 Å². The molecule has 3 nitrogen and oxygen atoms in total. The summed E-state index contributed by atoms with van der Waals surface area (Å²) < 4.78 is 0. The van der Waals surface area contributed by atoms with Crippen LogP contribution in [-0.4, -0.2) is 23.2 Å². The van der Waals surface area contributed by atoms with Crippen molar-refractivity contribution in [2.45, 2.75) is 65.5 Å². The Morgan fingerprint density at radius 1 is 1.27 bits per heavy atom. The molecule has 0 saturated carbocycles. The van der Waals surface area contributed by atoms with Crippen LogP contribution in [0.2, 0.25) is 0 Å². The van der Waals surface area contributed by atoms with Crippen LogP contribution in [-0.2, 0) is 4.79 Å². The summed E-state index contributed by atoms with van der Waals surface area (Å²) in [4.78, 5) is 10.8. The molecule has 2 N–H and O–H groups in total. The van der Waals surface area contributed by atoms with Gasteiger partial charge in [-0.25, -0.2) is 0 Å². The van der Waals surface area contributed by atoms with Crippen molar-refractivity contribution in [2.24, 2.45) is 5.92 Å². The summed E-state index contributed by atoms with van der Waals surface area (Å²) in [6.45, 7) is 8.38. The highest BCUT2D eigenvalue weighted by Crippen LogP contribution is 2.09. The molecule has 2 atom stereocenters. The molecular formula is C12H25NO2. The van der Waals surface area contributed by atoms with Gasteiger partial charge in [0, 0.05) is 6.04 Å². The maximum atomic E-state index is 10.8. The summed E-state index contributed by atoms with van der Waals surface area (Å²) in [5.41, 5.74) is 0. The number of aliphatic carboxylic acids is 1. The van der Waals surface area contributed by atoms with Crippen molar-refractivity contribution >= 4 is 5.97 Å². The number of hydrogen-bond donors (Lipinski definition) is 2. The van der Waals surface area contributed by atoms with Crippen LogP contribution >= 0.6 is 0 Å². The van der Waals surface area contributed by atoms with Crippen LogP contribution in [0, 0.1) is 5.92 Å². The Bertz CT molecular complexity index is 180. The molecule has 2 unspecified atom stereocenters. The summed E-state index contributed by atoms with van der Waals surface area (Å²) in [6, 6.07) is -0.0937. The van der Waals surface area contributed by atoms with Crippen LogP contribution in [0.1, 0.15) is 53.4 Å². The molecule has 0 aromatic heterocycles. The average molecular weight is 215 g/mol. The van der Waals surface area contributed by atoms with E-state index >= 15 is 0 Å². The van der Waals surface area contributed by atoms with E-state index in [1.165, 1.54) is 12.8 Å². The summed E-state index contributed by atoms with van der Waals surface area (Å²) in [6.07, 6.45) is 4.09. The van der Waals surface area contributed by atoms with Gasteiger partial charge in [-0.2, -0.15) is 0 Å². The topological polar surface area (TPSA) is 49.3 Å². The Morgan fingerprint density at radius 3 is 2.27 bits per heavy atom. The highest BCUT2D eigenvalue weighted by molar-refractivity contribution is 5.73. The van der Waals surface area contributed by atoms with Crippen LogP contribution in [0.3, 0.4) is 0 Å². The quantitative estimate of drug-likeness (QED) is 0.654. The number of carboxylic acid groups (broad SMARTS) is 1. The van der Waals surface area contributed by atoms with E-state index in [-0.39, 0.29) is 6.04 Å². The van der Waals surface area contributed by atoms with Crippen LogP contribution in [0.4, 0.5) is 0 Å². The first-order chi connectivity index (χ1) is 6.97. The van der Waals surface area contributed by atoms with Gasteiger partial charge in [0.05, 0.1) is 0 Å². The van der Waals surface area contributed by atoms with E-state index in [0.29, 0.717) is 12.5 Å².